The molecule has 0 radical (unpaired) electrons. The van der Waals surface area contributed by atoms with E-state index in [-0.39, 0.29) is 85.3 Å². The van der Waals surface area contributed by atoms with Crippen molar-refractivity contribution >= 4 is 76.3 Å². The number of benzene rings is 4. The molecule has 5 heterocycles. The summed E-state index contributed by atoms with van der Waals surface area (Å²) in [6.07, 6.45) is 2.26. The first-order chi connectivity index (χ1) is 38.5. The number of morpholine rings is 1. The van der Waals surface area contributed by atoms with Gasteiger partial charge in [0.2, 0.25) is 23.6 Å². The Morgan fingerprint density at radius 1 is 0.926 bits per heavy atom. The first-order valence-corrected chi connectivity index (χ1v) is 28.8. The minimum absolute atomic E-state index is 0.0129. The number of unbranched alkanes of at least 4 members (excludes halogenated alkanes) is 3. The molecular weight excluding hydrogens is 1090 g/mol. The van der Waals surface area contributed by atoms with Crippen LogP contribution in [-0.2, 0) is 51.9 Å². The monoisotopic (exact) mass is 1150 g/mol. The van der Waals surface area contributed by atoms with Crippen LogP contribution in [0.3, 0.4) is 0 Å². The summed E-state index contributed by atoms with van der Waals surface area (Å²) in [5.74, 6) is 2.03. The first kappa shape index (κ1) is 58.0. The predicted octanol–water partition coefficient (Wildman–Crippen LogP) is 6.33. The third-order valence-corrected chi connectivity index (χ3v) is 16.7. The quantitative estimate of drug-likeness (QED) is 0.0314. The molecule has 1 unspecified atom stereocenters. The lowest BCUT2D eigenvalue weighted by molar-refractivity contribution is -0.153. The van der Waals surface area contributed by atoms with E-state index in [2.05, 4.69) is 27.8 Å². The highest BCUT2D eigenvalue weighted by atomic mass is 32.1. The van der Waals surface area contributed by atoms with Gasteiger partial charge in [0.15, 0.2) is 6.61 Å². The van der Waals surface area contributed by atoms with Crippen LogP contribution in [0.2, 0.25) is 0 Å². The van der Waals surface area contributed by atoms with Crippen molar-refractivity contribution in [3.8, 4) is 17.6 Å². The van der Waals surface area contributed by atoms with Crippen molar-refractivity contribution in [1.29, 1.82) is 0 Å². The molecule has 0 aliphatic carbocycles. The molecule has 0 spiro atoms. The number of carbonyl (C=O) groups excluding carboxylic acids is 8. The van der Waals surface area contributed by atoms with Gasteiger partial charge in [0.1, 0.15) is 30.0 Å². The van der Waals surface area contributed by atoms with Gasteiger partial charge in [0.25, 0.3) is 23.6 Å². The molecule has 2 saturated heterocycles. The Morgan fingerprint density at radius 2 is 1.70 bits per heavy atom. The van der Waals surface area contributed by atoms with Gasteiger partial charge in [-0.2, -0.15) is 8.78 Å². The second-order valence-corrected chi connectivity index (χ2v) is 24.1. The number of rotatable bonds is 16. The average Bonchev–Trinajstić information content (AvgIpc) is 4.13. The van der Waals surface area contributed by atoms with E-state index in [1.165, 1.54) is 23.1 Å². The molecule has 5 aromatic rings. The largest absolute Gasteiger partial charge is 0.484 e. The minimum Gasteiger partial charge on any atom is -0.484 e. The lowest BCUT2D eigenvalue weighted by Crippen LogP contribution is -2.61. The Morgan fingerprint density at radius 3 is 2.44 bits per heavy atom. The van der Waals surface area contributed by atoms with Gasteiger partial charge in [-0.25, -0.2) is 0 Å². The van der Waals surface area contributed by atoms with Crippen LogP contribution in [0, 0.1) is 17.3 Å². The number of imide groups is 2. The number of fused-ring (bicyclic) bond motifs is 3. The number of piperidine rings is 1. The van der Waals surface area contributed by atoms with Gasteiger partial charge >= 0.3 is 13.3 Å². The van der Waals surface area contributed by atoms with E-state index in [4.69, 9.17) is 9.47 Å². The summed E-state index contributed by atoms with van der Waals surface area (Å²) in [4.78, 5) is 130. The molecule has 81 heavy (non-hydrogen) atoms. The molecule has 4 aliphatic rings. The number of nitrogens with one attached hydrogen (secondary N) is 3. The highest BCUT2D eigenvalue weighted by molar-refractivity contribution is 7.52. The van der Waals surface area contributed by atoms with E-state index in [1.54, 1.807) is 56.0 Å². The fourth-order valence-electron chi connectivity index (χ4n) is 10.3. The summed E-state index contributed by atoms with van der Waals surface area (Å²) in [7, 11) is -5.87. The third-order valence-electron chi connectivity index (χ3n) is 14.6. The highest BCUT2D eigenvalue weighted by Gasteiger charge is 2.51. The molecule has 0 bridgehead atoms. The Hall–Kier alpha value is -7.67. The van der Waals surface area contributed by atoms with E-state index >= 15 is 4.79 Å². The summed E-state index contributed by atoms with van der Waals surface area (Å²) in [5, 5.41) is 8.02. The lowest BCUT2D eigenvalue weighted by atomic mass is 9.84. The Labute approximate surface area is 468 Å². The number of nitrogens with zero attached hydrogens (tertiary/aromatic N) is 3. The van der Waals surface area contributed by atoms with Crippen molar-refractivity contribution < 1.29 is 71.0 Å². The molecule has 23 heteroatoms. The van der Waals surface area contributed by atoms with E-state index < -0.39 is 83.9 Å². The standard InChI is InChI=1S/C58H59F2N6O13PS/c1-57(2,3)50(63-52(70)46-30-37-27-39(19-22-45(37)81-46)58(59,60)80(75,76)77)56(74)65-31-38-28-40(20-18-36(38)29-43(65)54(72)64-25-26-78-44(32-64)34-13-9-7-10-14-34)79-33-48(68)61-24-11-6-4-5-8-15-35-16-12-17-41-49(35)55(73)66(53(41)71)42-21-23-47(67)62-51(42)69/h7,9-10,12-14,16-20,22,27-28,30,42-44,50H,4-6,11,21,23-26,29,31-33H2,1-3H3,(H,61,68)(H,63,70)(H,62,67,69)(H2,75,76,77)/t42?,43-,44-,50+/m0/s1. The van der Waals surface area contributed by atoms with Crippen LogP contribution in [0.15, 0.2) is 91.0 Å². The molecule has 8 amide bonds. The maximum atomic E-state index is 15.1. The zero-order chi connectivity index (χ0) is 58.0. The molecular formula is C58H59F2N6O13PS. The SMILES string of the molecule is CC(C)(C)[C@H](NC(=O)c1cc2cc(C(F)(F)P(=O)(O)O)ccc2s1)C(=O)N1Cc2cc(OCC(=O)NCCCCCC#Cc3cccc4c3C(=O)N(C3CCC(=O)NC3=O)C4=O)ccc2C[C@H]1C(=O)N1CCO[C@H](c2ccccc2)C1. The fourth-order valence-corrected chi connectivity index (χ4v) is 11.7. The third kappa shape index (κ3) is 12.6. The van der Waals surface area contributed by atoms with Gasteiger partial charge < -0.3 is 39.7 Å². The molecule has 0 saturated carbocycles. The first-order valence-electron chi connectivity index (χ1n) is 26.4. The molecule has 2 fully saturated rings. The van der Waals surface area contributed by atoms with E-state index in [9.17, 15) is 56.7 Å². The number of amides is 8. The summed E-state index contributed by atoms with van der Waals surface area (Å²) < 4.78 is 53.3. The van der Waals surface area contributed by atoms with Crippen molar-refractivity contribution in [3.05, 3.63) is 135 Å². The fraction of sp³-hybridized carbons (Fsp3) is 0.379. The number of halogens is 2. The Balaban J connectivity index is 0.829. The van der Waals surface area contributed by atoms with Crippen LogP contribution in [0.4, 0.5) is 8.78 Å². The number of hydrogen-bond donors (Lipinski definition) is 5. The van der Waals surface area contributed by atoms with Gasteiger partial charge in [-0.15, -0.1) is 11.3 Å². The van der Waals surface area contributed by atoms with Crippen LogP contribution in [0.25, 0.3) is 10.1 Å². The number of carbonyl (C=O) groups is 8. The molecule has 424 valence electrons. The number of thiophene rings is 1. The number of alkyl halides is 2. The van der Waals surface area contributed by atoms with Crippen LogP contribution in [0.5, 0.6) is 5.75 Å². The van der Waals surface area contributed by atoms with Gasteiger partial charge in [-0.05, 0) is 89.2 Å². The van der Waals surface area contributed by atoms with E-state index in [0.29, 0.717) is 53.8 Å². The van der Waals surface area contributed by atoms with Gasteiger partial charge in [-0.3, -0.25) is 53.1 Å². The molecule has 4 aromatic carbocycles. The smallest absolute Gasteiger partial charge is 0.399 e. The zero-order valence-corrected chi connectivity index (χ0v) is 46.2. The second kappa shape index (κ2) is 23.8. The molecule has 1 aromatic heterocycles. The average molecular weight is 1150 g/mol. The van der Waals surface area contributed by atoms with Gasteiger partial charge in [-0.1, -0.05) is 87.6 Å². The maximum Gasteiger partial charge on any atom is 0.399 e. The van der Waals surface area contributed by atoms with Crippen molar-refractivity contribution in [2.75, 3.05) is 32.8 Å². The van der Waals surface area contributed by atoms with Gasteiger partial charge in [0, 0.05) is 54.7 Å². The summed E-state index contributed by atoms with van der Waals surface area (Å²) in [5.41, 5.74) is -3.39. The summed E-state index contributed by atoms with van der Waals surface area (Å²) in [6.45, 7) is 5.98. The molecule has 5 N–H and O–H groups in total. The molecule has 9 rings (SSSR count). The topological polar surface area (TPSA) is 258 Å². The van der Waals surface area contributed by atoms with Crippen molar-refractivity contribution in [2.45, 2.75) is 102 Å². The molecule has 4 atom stereocenters. The normalized spacial score (nSPS) is 18.8. The molecule has 4 aliphatic heterocycles. The van der Waals surface area contributed by atoms with Crippen molar-refractivity contribution in [2.24, 2.45) is 5.41 Å². The van der Waals surface area contributed by atoms with Crippen LogP contribution in [0.1, 0.15) is 124 Å². The van der Waals surface area contributed by atoms with E-state index in [0.717, 1.165) is 39.5 Å². The predicted molar refractivity (Wildman–Crippen MR) is 292 cm³/mol. The second-order valence-electron chi connectivity index (χ2n) is 21.3. The van der Waals surface area contributed by atoms with E-state index in [1.807, 2.05) is 30.3 Å². The zero-order valence-electron chi connectivity index (χ0n) is 44.5. The van der Waals surface area contributed by atoms with Crippen molar-refractivity contribution in [1.82, 2.24) is 30.7 Å². The van der Waals surface area contributed by atoms with Crippen LogP contribution < -0.4 is 20.7 Å². The number of hydrogen-bond acceptors (Lipinski definition) is 12. The Bertz CT molecular complexity index is 3460. The maximum absolute atomic E-state index is 15.1. The number of ether oxygens (including phenoxy) is 2. The molecule has 19 nitrogen and oxygen atoms in total. The Kier molecular flexibility index (Phi) is 17.0. The minimum atomic E-state index is -5.87. The highest BCUT2D eigenvalue weighted by Crippen LogP contribution is 2.59. The summed E-state index contributed by atoms with van der Waals surface area (Å²) in [6, 6.07) is 20.5. The summed E-state index contributed by atoms with van der Waals surface area (Å²) >= 11 is 0.942. The lowest BCUT2D eigenvalue weighted by Gasteiger charge is -2.43. The van der Waals surface area contributed by atoms with Gasteiger partial charge in [0.05, 0.1) is 29.2 Å². The van der Waals surface area contributed by atoms with Crippen molar-refractivity contribution in [3.63, 3.8) is 0 Å². The van der Waals surface area contributed by atoms with Crippen LogP contribution in [-0.4, -0.2) is 123 Å². The van der Waals surface area contributed by atoms with Crippen LogP contribution >= 0.6 is 18.9 Å².